The predicted molar refractivity (Wildman–Crippen MR) is 83.7 cm³/mol. The van der Waals surface area contributed by atoms with E-state index in [9.17, 15) is 0 Å². The van der Waals surface area contributed by atoms with Gasteiger partial charge < -0.3 is 15.4 Å². The van der Waals surface area contributed by atoms with Gasteiger partial charge in [-0.15, -0.1) is 0 Å². The summed E-state index contributed by atoms with van der Waals surface area (Å²) in [5.74, 6) is 1.10. The lowest BCUT2D eigenvalue weighted by atomic mass is 10.2. The van der Waals surface area contributed by atoms with Crippen LogP contribution in [-0.2, 0) is 4.74 Å². The number of pyridine rings is 1. The highest BCUT2D eigenvalue weighted by atomic mass is 16.5. The molecule has 1 aliphatic heterocycles. The SMILES string of the molecule is Nc1nc(-c2cccc3ccnn23)cc(N2CCOCC2)n1. The number of ether oxygens (including phenoxy) is 1. The van der Waals surface area contributed by atoms with Crippen molar-refractivity contribution in [2.24, 2.45) is 0 Å². The van der Waals surface area contributed by atoms with Crippen LogP contribution in [-0.4, -0.2) is 45.9 Å². The van der Waals surface area contributed by atoms with Crippen molar-refractivity contribution in [1.29, 1.82) is 0 Å². The molecule has 7 nitrogen and oxygen atoms in total. The summed E-state index contributed by atoms with van der Waals surface area (Å²) < 4.78 is 7.24. The smallest absolute Gasteiger partial charge is 0.222 e. The Labute approximate surface area is 127 Å². The largest absolute Gasteiger partial charge is 0.378 e. The van der Waals surface area contributed by atoms with Crippen LogP contribution in [0.1, 0.15) is 0 Å². The summed E-state index contributed by atoms with van der Waals surface area (Å²) in [5, 5.41) is 4.35. The van der Waals surface area contributed by atoms with E-state index in [0.717, 1.165) is 35.8 Å². The molecule has 0 aromatic carbocycles. The van der Waals surface area contributed by atoms with Gasteiger partial charge >= 0.3 is 0 Å². The predicted octanol–water partition coefficient (Wildman–Crippen LogP) is 1.21. The number of hydrogen-bond donors (Lipinski definition) is 1. The Morgan fingerprint density at radius 1 is 1.09 bits per heavy atom. The van der Waals surface area contributed by atoms with Crippen molar-refractivity contribution in [3.8, 4) is 11.4 Å². The molecule has 1 fully saturated rings. The van der Waals surface area contributed by atoms with E-state index in [-0.39, 0.29) is 5.95 Å². The van der Waals surface area contributed by atoms with Crippen molar-refractivity contribution in [3.63, 3.8) is 0 Å². The highest BCUT2D eigenvalue weighted by Gasteiger charge is 2.16. The van der Waals surface area contributed by atoms with Gasteiger partial charge in [-0.3, -0.25) is 0 Å². The Morgan fingerprint density at radius 2 is 1.95 bits per heavy atom. The Kier molecular flexibility index (Phi) is 3.12. The van der Waals surface area contributed by atoms with Crippen molar-refractivity contribution in [2.45, 2.75) is 0 Å². The summed E-state index contributed by atoms with van der Waals surface area (Å²) in [5.41, 5.74) is 8.59. The molecule has 0 aliphatic carbocycles. The van der Waals surface area contributed by atoms with Crippen LogP contribution in [0.4, 0.5) is 11.8 Å². The molecule has 1 aliphatic rings. The second-order valence-electron chi connectivity index (χ2n) is 5.15. The number of anilines is 2. The number of nitrogens with zero attached hydrogens (tertiary/aromatic N) is 5. The van der Waals surface area contributed by atoms with Gasteiger partial charge in [0.2, 0.25) is 5.95 Å². The fourth-order valence-corrected chi connectivity index (χ4v) is 2.68. The van der Waals surface area contributed by atoms with Crippen LogP contribution in [0.3, 0.4) is 0 Å². The molecular weight excluding hydrogens is 280 g/mol. The zero-order valence-electron chi connectivity index (χ0n) is 12.0. The lowest BCUT2D eigenvalue weighted by Crippen LogP contribution is -2.36. The molecule has 22 heavy (non-hydrogen) atoms. The molecule has 4 rings (SSSR count). The summed E-state index contributed by atoms with van der Waals surface area (Å²) in [6.45, 7) is 3.02. The highest BCUT2D eigenvalue weighted by molar-refractivity contribution is 5.65. The Balaban J connectivity index is 1.81. The van der Waals surface area contributed by atoms with Crippen molar-refractivity contribution in [3.05, 3.63) is 36.5 Å². The van der Waals surface area contributed by atoms with Gasteiger partial charge in [-0.05, 0) is 18.2 Å². The Bertz CT molecular complexity index is 809. The molecule has 0 saturated carbocycles. The minimum Gasteiger partial charge on any atom is -0.378 e. The van der Waals surface area contributed by atoms with Crippen LogP contribution in [0.15, 0.2) is 36.5 Å². The van der Waals surface area contributed by atoms with Gasteiger partial charge in [0.1, 0.15) is 5.82 Å². The second-order valence-corrected chi connectivity index (χ2v) is 5.15. The Morgan fingerprint density at radius 3 is 2.82 bits per heavy atom. The number of morpholine rings is 1. The number of nitrogen functional groups attached to an aromatic ring is 1. The van der Waals surface area contributed by atoms with Gasteiger partial charge in [0.25, 0.3) is 0 Å². The molecule has 0 spiro atoms. The third-order valence-corrected chi connectivity index (χ3v) is 3.75. The maximum absolute atomic E-state index is 5.91. The maximum atomic E-state index is 5.91. The molecule has 0 atom stereocenters. The monoisotopic (exact) mass is 296 g/mol. The lowest BCUT2D eigenvalue weighted by molar-refractivity contribution is 0.122. The van der Waals surface area contributed by atoms with Crippen LogP contribution >= 0.6 is 0 Å². The first kappa shape index (κ1) is 13.0. The molecule has 1 saturated heterocycles. The standard InChI is InChI=1S/C15H16N6O/c16-15-18-12(10-14(19-15)20-6-8-22-9-7-20)13-3-1-2-11-4-5-17-21(11)13/h1-5,10H,6-9H2,(H2,16,18,19). The molecule has 3 aromatic rings. The summed E-state index contributed by atoms with van der Waals surface area (Å²) >= 11 is 0. The van der Waals surface area contributed by atoms with E-state index in [1.807, 2.05) is 34.8 Å². The number of fused-ring (bicyclic) bond motifs is 1. The second kappa shape index (κ2) is 5.27. The minimum atomic E-state index is 0.267. The minimum absolute atomic E-state index is 0.267. The molecule has 0 radical (unpaired) electrons. The number of aromatic nitrogens is 4. The maximum Gasteiger partial charge on any atom is 0.222 e. The van der Waals surface area contributed by atoms with E-state index in [4.69, 9.17) is 10.5 Å². The van der Waals surface area contributed by atoms with Crippen molar-refractivity contribution < 1.29 is 4.74 Å². The van der Waals surface area contributed by atoms with Crippen LogP contribution < -0.4 is 10.6 Å². The highest BCUT2D eigenvalue weighted by Crippen LogP contribution is 2.23. The summed E-state index contributed by atoms with van der Waals surface area (Å²) in [6.07, 6.45) is 1.77. The van der Waals surface area contributed by atoms with Crippen molar-refractivity contribution in [2.75, 3.05) is 36.9 Å². The van der Waals surface area contributed by atoms with Crippen LogP contribution in [0.2, 0.25) is 0 Å². The first-order chi connectivity index (χ1) is 10.8. The molecule has 112 valence electrons. The Hall–Kier alpha value is -2.67. The molecule has 4 heterocycles. The quantitative estimate of drug-likeness (QED) is 0.765. The third-order valence-electron chi connectivity index (χ3n) is 3.75. The molecule has 3 aromatic heterocycles. The van der Waals surface area contributed by atoms with Crippen LogP contribution in [0, 0.1) is 0 Å². The summed E-state index contributed by atoms with van der Waals surface area (Å²) in [6, 6.07) is 9.88. The van der Waals surface area contributed by atoms with Gasteiger partial charge in [-0.2, -0.15) is 10.1 Å². The molecule has 2 N–H and O–H groups in total. The van der Waals surface area contributed by atoms with Crippen LogP contribution in [0.25, 0.3) is 16.9 Å². The molecular formula is C15H16N6O. The molecule has 7 heteroatoms. The average Bonchev–Trinajstić information content (AvgIpc) is 3.03. The normalized spacial score (nSPS) is 15.4. The molecule has 0 amide bonds. The number of rotatable bonds is 2. The number of nitrogens with two attached hydrogens (primary N) is 1. The average molecular weight is 296 g/mol. The van der Waals surface area contributed by atoms with E-state index >= 15 is 0 Å². The van der Waals surface area contributed by atoms with Gasteiger partial charge in [0.05, 0.1) is 36.3 Å². The van der Waals surface area contributed by atoms with Gasteiger partial charge in [0, 0.05) is 19.2 Å². The van der Waals surface area contributed by atoms with Crippen molar-refractivity contribution >= 4 is 17.3 Å². The summed E-state index contributed by atoms with van der Waals surface area (Å²) in [7, 11) is 0. The fraction of sp³-hybridized carbons (Fsp3) is 0.267. The zero-order chi connectivity index (χ0) is 14.9. The van der Waals surface area contributed by atoms with E-state index in [1.54, 1.807) is 6.20 Å². The van der Waals surface area contributed by atoms with Crippen LogP contribution in [0.5, 0.6) is 0 Å². The van der Waals surface area contributed by atoms with E-state index in [1.165, 1.54) is 0 Å². The fourth-order valence-electron chi connectivity index (χ4n) is 2.68. The van der Waals surface area contributed by atoms with Crippen molar-refractivity contribution in [1.82, 2.24) is 19.6 Å². The van der Waals surface area contributed by atoms with Gasteiger partial charge in [-0.1, -0.05) is 6.07 Å². The lowest BCUT2D eigenvalue weighted by Gasteiger charge is -2.28. The van der Waals surface area contributed by atoms with Gasteiger partial charge in [0.15, 0.2) is 0 Å². The zero-order valence-corrected chi connectivity index (χ0v) is 12.0. The topological polar surface area (TPSA) is 81.6 Å². The summed E-state index contributed by atoms with van der Waals surface area (Å²) in [4.78, 5) is 10.9. The van der Waals surface area contributed by atoms with Gasteiger partial charge in [-0.25, -0.2) is 9.50 Å². The van der Waals surface area contributed by atoms with E-state index < -0.39 is 0 Å². The molecule has 0 unspecified atom stereocenters. The first-order valence-corrected chi connectivity index (χ1v) is 7.22. The molecule has 0 bridgehead atoms. The third kappa shape index (κ3) is 2.25. The van der Waals surface area contributed by atoms with E-state index in [0.29, 0.717) is 13.2 Å². The first-order valence-electron chi connectivity index (χ1n) is 7.22. The van der Waals surface area contributed by atoms with E-state index in [2.05, 4.69) is 20.0 Å². The number of hydrogen-bond acceptors (Lipinski definition) is 6.